The van der Waals surface area contributed by atoms with E-state index in [0.29, 0.717) is 5.33 Å². The molecular formula is C17H16BrFN2O3. The summed E-state index contributed by atoms with van der Waals surface area (Å²) in [4.78, 5) is 12.4. The quantitative estimate of drug-likeness (QED) is 0.624. The van der Waals surface area contributed by atoms with Gasteiger partial charge in [0.05, 0.1) is 18.1 Å². The fraction of sp³-hybridized carbons (Fsp3) is 0.294. The number of nitrogens with zero attached hydrogens (tertiary/aromatic N) is 1. The molecule has 2 N–H and O–H groups in total. The maximum Gasteiger partial charge on any atom is 0.338 e. The molecule has 7 heteroatoms. The van der Waals surface area contributed by atoms with Crippen LogP contribution in [-0.4, -0.2) is 12.6 Å². The summed E-state index contributed by atoms with van der Waals surface area (Å²) >= 11 is 3.31. The predicted molar refractivity (Wildman–Crippen MR) is 89.0 cm³/mol. The van der Waals surface area contributed by atoms with E-state index >= 15 is 0 Å². The molecule has 0 spiro atoms. The van der Waals surface area contributed by atoms with Gasteiger partial charge in [-0.15, -0.1) is 0 Å². The second-order valence-corrected chi connectivity index (χ2v) is 5.67. The van der Waals surface area contributed by atoms with Crippen LogP contribution in [0.25, 0.3) is 0 Å². The summed E-state index contributed by atoms with van der Waals surface area (Å²) in [6.45, 7) is 3.34. The van der Waals surface area contributed by atoms with E-state index < -0.39 is 17.7 Å². The van der Waals surface area contributed by atoms with Crippen LogP contribution in [-0.2, 0) is 19.6 Å². The van der Waals surface area contributed by atoms with Crippen LogP contribution in [0.1, 0.15) is 30.9 Å². The van der Waals surface area contributed by atoms with Crippen molar-refractivity contribution in [1.29, 1.82) is 5.26 Å². The topological polar surface area (TPSA) is 85.3 Å². The zero-order valence-electron chi connectivity index (χ0n) is 13.2. The highest BCUT2D eigenvalue weighted by Gasteiger charge is 2.37. The lowest BCUT2D eigenvalue weighted by atomic mass is 9.82. The molecule has 0 aromatic heterocycles. The maximum absolute atomic E-state index is 14.5. The number of rotatable bonds is 4. The Morgan fingerprint density at radius 1 is 1.54 bits per heavy atom. The van der Waals surface area contributed by atoms with Gasteiger partial charge in [-0.05, 0) is 25.5 Å². The van der Waals surface area contributed by atoms with Gasteiger partial charge in [-0.25, -0.2) is 9.18 Å². The number of nitrogens with two attached hydrogens (primary N) is 1. The number of nitriles is 1. The van der Waals surface area contributed by atoms with Gasteiger partial charge in [0, 0.05) is 10.9 Å². The number of hydrogen-bond acceptors (Lipinski definition) is 5. The average molecular weight is 395 g/mol. The van der Waals surface area contributed by atoms with E-state index in [0.717, 1.165) is 5.56 Å². The molecule has 0 amide bonds. The molecule has 1 atom stereocenters. The highest BCUT2D eigenvalue weighted by molar-refractivity contribution is 9.08. The van der Waals surface area contributed by atoms with Crippen LogP contribution in [0.5, 0.6) is 0 Å². The Hall–Kier alpha value is -2.33. The minimum atomic E-state index is -0.971. The second kappa shape index (κ2) is 7.49. The maximum atomic E-state index is 14.5. The van der Waals surface area contributed by atoms with Crippen molar-refractivity contribution in [2.45, 2.75) is 25.1 Å². The van der Waals surface area contributed by atoms with Gasteiger partial charge in [0.15, 0.2) is 0 Å². The third kappa shape index (κ3) is 3.29. The first-order valence-electron chi connectivity index (χ1n) is 7.24. The van der Waals surface area contributed by atoms with Crippen LogP contribution in [0.4, 0.5) is 4.39 Å². The summed E-state index contributed by atoms with van der Waals surface area (Å²) < 4.78 is 24.8. The number of hydrogen-bond donors (Lipinski definition) is 1. The Kier molecular flexibility index (Phi) is 5.62. The Labute approximate surface area is 147 Å². The molecule has 24 heavy (non-hydrogen) atoms. The molecule has 1 aromatic rings. The van der Waals surface area contributed by atoms with E-state index in [1.807, 2.05) is 6.07 Å². The molecule has 126 valence electrons. The lowest BCUT2D eigenvalue weighted by Crippen LogP contribution is -2.26. The molecule has 0 fully saturated rings. The minimum absolute atomic E-state index is 0.0192. The summed E-state index contributed by atoms with van der Waals surface area (Å²) in [5.41, 5.74) is 6.82. The molecule has 1 aromatic carbocycles. The zero-order chi connectivity index (χ0) is 17.9. The van der Waals surface area contributed by atoms with Crippen molar-refractivity contribution in [2.75, 3.05) is 6.61 Å². The molecule has 1 unspecified atom stereocenters. The van der Waals surface area contributed by atoms with Crippen molar-refractivity contribution in [3.05, 3.63) is 57.9 Å². The van der Waals surface area contributed by atoms with Crippen molar-refractivity contribution in [1.82, 2.24) is 0 Å². The normalized spacial score (nSPS) is 17.4. The van der Waals surface area contributed by atoms with Gasteiger partial charge in [-0.3, -0.25) is 0 Å². The Balaban J connectivity index is 2.69. The minimum Gasteiger partial charge on any atom is -0.463 e. The number of alkyl halides is 1. The van der Waals surface area contributed by atoms with Gasteiger partial charge in [-0.2, -0.15) is 5.26 Å². The van der Waals surface area contributed by atoms with Crippen LogP contribution in [0.15, 0.2) is 41.0 Å². The summed E-state index contributed by atoms with van der Waals surface area (Å²) in [6, 6.07) is 6.43. The number of halogens is 2. The fourth-order valence-corrected chi connectivity index (χ4v) is 2.91. The van der Waals surface area contributed by atoms with Crippen LogP contribution >= 0.6 is 15.9 Å². The third-order valence-electron chi connectivity index (χ3n) is 3.63. The zero-order valence-corrected chi connectivity index (χ0v) is 14.8. The first kappa shape index (κ1) is 18.0. The van der Waals surface area contributed by atoms with E-state index in [4.69, 9.17) is 15.2 Å². The first-order valence-corrected chi connectivity index (χ1v) is 8.36. The SMILES string of the molecule is CCOC(=O)C1=C(C)OC(N)=C(C#N)C1c1cc(CBr)ccc1F. The largest absolute Gasteiger partial charge is 0.463 e. The highest BCUT2D eigenvalue weighted by Crippen LogP contribution is 2.40. The molecule has 1 aliphatic heterocycles. The Morgan fingerprint density at radius 3 is 2.83 bits per heavy atom. The first-order chi connectivity index (χ1) is 11.4. The lowest BCUT2D eigenvalue weighted by molar-refractivity contribution is -0.139. The molecule has 0 radical (unpaired) electrons. The van der Waals surface area contributed by atoms with Crippen LogP contribution in [0.3, 0.4) is 0 Å². The lowest BCUT2D eigenvalue weighted by Gasteiger charge is -2.27. The number of ether oxygens (including phenoxy) is 2. The highest BCUT2D eigenvalue weighted by atomic mass is 79.9. The van der Waals surface area contributed by atoms with Crippen LogP contribution < -0.4 is 5.73 Å². The van der Waals surface area contributed by atoms with Crippen molar-refractivity contribution in [3.63, 3.8) is 0 Å². The molecule has 2 rings (SSSR count). The Morgan fingerprint density at radius 2 is 2.25 bits per heavy atom. The third-order valence-corrected chi connectivity index (χ3v) is 4.27. The van der Waals surface area contributed by atoms with Crippen molar-refractivity contribution in [3.8, 4) is 6.07 Å². The molecular weight excluding hydrogens is 379 g/mol. The fourth-order valence-electron chi connectivity index (χ4n) is 2.56. The number of benzene rings is 1. The molecule has 1 heterocycles. The summed E-state index contributed by atoms with van der Waals surface area (Å²) in [7, 11) is 0. The van der Waals surface area contributed by atoms with E-state index in [9.17, 15) is 14.4 Å². The van der Waals surface area contributed by atoms with Gasteiger partial charge in [-0.1, -0.05) is 28.1 Å². The van der Waals surface area contributed by atoms with Gasteiger partial charge in [0.2, 0.25) is 5.88 Å². The number of esters is 1. The molecule has 0 saturated heterocycles. The van der Waals surface area contributed by atoms with Crippen molar-refractivity contribution >= 4 is 21.9 Å². The summed E-state index contributed by atoms with van der Waals surface area (Å²) in [6.07, 6.45) is 0. The molecule has 0 bridgehead atoms. The van der Waals surface area contributed by atoms with Gasteiger partial charge in [0.1, 0.15) is 23.2 Å². The molecule has 0 saturated carbocycles. The van der Waals surface area contributed by atoms with Crippen LogP contribution in [0, 0.1) is 17.1 Å². The van der Waals surface area contributed by atoms with E-state index in [1.54, 1.807) is 19.1 Å². The van der Waals surface area contributed by atoms with Gasteiger partial charge < -0.3 is 15.2 Å². The molecule has 1 aliphatic rings. The number of allylic oxidation sites excluding steroid dienone is 2. The van der Waals surface area contributed by atoms with Crippen LogP contribution in [0.2, 0.25) is 0 Å². The van der Waals surface area contributed by atoms with Gasteiger partial charge in [0.25, 0.3) is 0 Å². The Bertz CT molecular complexity index is 781. The molecule has 0 aliphatic carbocycles. The molecule has 5 nitrogen and oxygen atoms in total. The van der Waals surface area contributed by atoms with Gasteiger partial charge >= 0.3 is 5.97 Å². The smallest absolute Gasteiger partial charge is 0.338 e. The average Bonchev–Trinajstić information content (AvgIpc) is 2.55. The van der Waals surface area contributed by atoms with E-state index in [2.05, 4.69) is 15.9 Å². The van der Waals surface area contributed by atoms with Crippen molar-refractivity contribution < 1.29 is 18.7 Å². The standard InChI is InChI=1S/C17H16BrFN2O3/c1-3-23-17(22)14-9(2)24-16(21)12(8-20)15(14)11-6-10(7-18)4-5-13(11)19/h4-6,15H,3,7,21H2,1-2H3. The monoisotopic (exact) mass is 394 g/mol. The summed E-state index contributed by atoms with van der Waals surface area (Å²) in [5.74, 6) is -2.12. The van der Waals surface area contributed by atoms with E-state index in [-0.39, 0.29) is 35.0 Å². The predicted octanol–water partition coefficient (Wildman–Crippen LogP) is 3.37. The summed E-state index contributed by atoms with van der Waals surface area (Å²) in [5, 5.41) is 9.95. The van der Waals surface area contributed by atoms with E-state index in [1.165, 1.54) is 13.0 Å². The second-order valence-electron chi connectivity index (χ2n) is 5.10. The number of carbonyl (C=O) groups is 1. The van der Waals surface area contributed by atoms with Crippen molar-refractivity contribution in [2.24, 2.45) is 5.73 Å². The number of carbonyl (C=O) groups excluding carboxylic acids is 1.